The Kier molecular flexibility index (Phi) is 7.49. The topological polar surface area (TPSA) is 46.6 Å². The lowest BCUT2D eigenvalue weighted by Gasteiger charge is -2.25. The zero-order chi connectivity index (χ0) is 37.0. The quantitative estimate of drug-likeness (QED) is 0.189. The van der Waals surface area contributed by atoms with Crippen LogP contribution in [0.3, 0.4) is 0 Å². The molecule has 2 aromatic heterocycles. The molecule has 10 aromatic rings. The number of nitrogens with one attached hydrogen (secondary N) is 1. The van der Waals surface area contributed by atoms with Gasteiger partial charge in [-0.25, -0.2) is 4.99 Å². The normalized spacial score (nSPS) is 14.2. The smallest absolute Gasteiger partial charge is 0.211 e. The van der Waals surface area contributed by atoms with Gasteiger partial charge in [-0.2, -0.15) is 4.99 Å². The fourth-order valence-corrected chi connectivity index (χ4v) is 8.57. The van der Waals surface area contributed by atoms with Crippen LogP contribution < -0.4 is 5.32 Å². The van der Waals surface area contributed by atoms with E-state index in [9.17, 15) is 0 Å². The van der Waals surface area contributed by atoms with Crippen LogP contribution in [0.5, 0.6) is 0 Å². The van der Waals surface area contributed by atoms with Gasteiger partial charge in [-0.1, -0.05) is 170 Å². The Labute approximate surface area is 324 Å². The summed E-state index contributed by atoms with van der Waals surface area (Å²) in [4.78, 5) is 10.5. The Morgan fingerprint density at radius 2 is 1.02 bits per heavy atom. The van der Waals surface area contributed by atoms with Crippen LogP contribution in [0.1, 0.15) is 17.3 Å². The summed E-state index contributed by atoms with van der Waals surface area (Å²) < 4.78 is 4.73. The minimum atomic E-state index is -0.338. The van der Waals surface area contributed by atoms with Crippen LogP contribution in [0, 0.1) is 0 Å². The molecule has 56 heavy (non-hydrogen) atoms. The average molecular weight is 718 g/mol. The van der Waals surface area contributed by atoms with Gasteiger partial charge in [0.1, 0.15) is 6.17 Å². The predicted molar refractivity (Wildman–Crippen MR) is 233 cm³/mol. The fourth-order valence-electron chi connectivity index (χ4n) is 8.57. The highest BCUT2D eigenvalue weighted by Crippen LogP contribution is 2.47. The van der Waals surface area contributed by atoms with E-state index in [1.54, 1.807) is 0 Å². The van der Waals surface area contributed by atoms with Crippen LogP contribution in [0.2, 0.25) is 0 Å². The molecule has 1 unspecified atom stereocenters. The van der Waals surface area contributed by atoms with Crippen LogP contribution in [0.4, 0.5) is 0 Å². The van der Waals surface area contributed by atoms with Crippen molar-refractivity contribution in [3.05, 3.63) is 211 Å². The Bertz CT molecular complexity index is 3140. The second kappa shape index (κ2) is 13.1. The zero-order valence-electron chi connectivity index (χ0n) is 30.4. The molecule has 1 atom stereocenters. The van der Waals surface area contributed by atoms with Crippen molar-refractivity contribution in [3.8, 4) is 27.9 Å². The molecule has 0 amide bonds. The number of nitrogens with zero attached hydrogens (tertiary/aromatic N) is 4. The minimum absolute atomic E-state index is 0.338. The van der Waals surface area contributed by atoms with Gasteiger partial charge in [0, 0.05) is 43.9 Å². The van der Waals surface area contributed by atoms with Gasteiger partial charge in [0.2, 0.25) is 5.96 Å². The fraction of sp³-hybridized carbons (Fsp3) is 0.0196. The van der Waals surface area contributed by atoms with Crippen molar-refractivity contribution in [2.75, 3.05) is 0 Å². The average Bonchev–Trinajstić information content (AvgIpc) is 3.80. The van der Waals surface area contributed by atoms with Crippen LogP contribution in [0.25, 0.3) is 71.6 Å². The molecule has 11 rings (SSSR count). The van der Waals surface area contributed by atoms with E-state index in [-0.39, 0.29) is 6.17 Å². The number of hydrogen-bond acceptors (Lipinski definition) is 3. The van der Waals surface area contributed by atoms with Crippen molar-refractivity contribution in [3.63, 3.8) is 0 Å². The maximum atomic E-state index is 5.36. The van der Waals surface area contributed by atoms with E-state index in [2.05, 4.69) is 190 Å². The van der Waals surface area contributed by atoms with E-state index in [0.29, 0.717) is 5.84 Å². The summed E-state index contributed by atoms with van der Waals surface area (Å²) in [6.45, 7) is 0. The molecule has 264 valence electrons. The van der Waals surface area contributed by atoms with E-state index in [4.69, 9.17) is 9.98 Å². The molecular formula is C51H35N5. The van der Waals surface area contributed by atoms with Crippen molar-refractivity contribution in [2.24, 2.45) is 9.98 Å². The Balaban J connectivity index is 1.27. The van der Waals surface area contributed by atoms with Crippen molar-refractivity contribution in [1.29, 1.82) is 0 Å². The number of rotatable bonds is 5. The molecule has 0 bridgehead atoms. The van der Waals surface area contributed by atoms with Crippen molar-refractivity contribution in [2.45, 2.75) is 6.17 Å². The molecule has 0 fully saturated rings. The molecule has 0 aliphatic carbocycles. The SMILES string of the molecule is c1ccc(C2=NC(c3ccccc3)NC(n3c4ccccc4c4cccc(-c5c(-c6ccccc6)ccc6c5c5ccccc5n6-c5ccccc5)c43)=N2)cc1. The molecule has 5 heteroatoms. The number of para-hydroxylation sites is 4. The first-order chi connectivity index (χ1) is 27.8. The molecule has 0 spiro atoms. The van der Waals surface area contributed by atoms with Gasteiger partial charge < -0.3 is 9.88 Å². The summed E-state index contributed by atoms with van der Waals surface area (Å²) in [5.41, 5.74) is 12.3. The molecule has 0 saturated heterocycles. The van der Waals surface area contributed by atoms with Crippen LogP contribution in [0.15, 0.2) is 210 Å². The van der Waals surface area contributed by atoms with Crippen LogP contribution >= 0.6 is 0 Å². The molecule has 1 aliphatic heterocycles. The Hall–Kier alpha value is -7.50. The molecule has 8 aromatic carbocycles. The molecule has 1 aliphatic rings. The number of hydrogen-bond donors (Lipinski definition) is 1. The van der Waals surface area contributed by atoms with Crippen molar-refractivity contribution in [1.82, 2.24) is 14.5 Å². The Morgan fingerprint density at radius 1 is 0.429 bits per heavy atom. The summed E-state index contributed by atoms with van der Waals surface area (Å²) >= 11 is 0. The number of aliphatic imine (C=N–C) groups is 2. The molecule has 0 radical (unpaired) electrons. The summed E-state index contributed by atoms with van der Waals surface area (Å²) in [5, 5.41) is 8.53. The van der Waals surface area contributed by atoms with Crippen molar-refractivity contribution < 1.29 is 0 Å². The van der Waals surface area contributed by atoms with Crippen molar-refractivity contribution >= 4 is 55.4 Å². The second-order valence-corrected chi connectivity index (χ2v) is 14.2. The summed E-state index contributed by atoms with van der Waals surface area (Å²) in [6, 6.07) is 71.0. The predicted octanol–water partition coefficient (Wildman–Crippen LogP) is 12.2. The van der Waals surface area contributed by atoms with Crippen LogP contribution in [-0.2, 0) is 0 Å². The molecule has 3 heterocycles. The number of aromatic nitrogens is 2. The third-order valence-electron chi connectivity index (χ3n) is 11.0. The zero-order valence-corrected chi connectivity index (χ0v) is 30.4. The van der Waals surface area contributed by atoms with E-state index >= 15 is 0 Å². The van der Waals surface area contributed by atoms with E-state index < -0.39 is 0 Å². The summed E-state index contributed by atoms with van der Waals surface area (Å²) in [7, 11) is 0. The second-order valence-electron chi connectivity index (χ2n) is 14.2. The van der Waals surface area contributed by atoms with Gasteiger partial charge in [0.05, 0.1) is 22.1 Å². The molecule has 0 saturated carbocycles. The first kappa shape index (κ1) is 32.0. The van der Waals surface area contributed by atoms with E-state index in [1.807, 2.05) is 24.3 Å². The number of fused-ring (bicyclic) bond motifs is 6. The highest BCUT2D eigenvalue weighted by molar-refractivity contribution is 6.25. The highest BCUT2D eigenvalue weighted by atomic mass is 15.3. The monoisotopic (exact) mass is 717 g/mol. The molecule has 1 N–H and O–H groups in total. The van der Waals surface area contributed by atoms with Gasteiger partial charge in [0.25, 0.3) is 0 Å². The molecule has 5 nitrogen and oxygen atoms in total. The lowest BCUT2D eigenvalue weighted by Crippen LogP contribution is -2.37. The summed E-state index contributed by atoms with van der Waals surface area (Å²) in [5.74, 6) is 1.42. The largest absolute Gasteiger partial charge is 0.330 e. The highest BCUT2D eigenvalue weighted by Gasteiger charge is 2.27. The van der Waals surface area contributed by atoms with E-state index in [0.717, 1.165) is 61.2 Å². The number of benzene rings is 8. The first-order valence-corrected chi connectivity index (χ1v) is 19.1. The lowest BCUT2D eigenvalue weighted by molar-refractivity contribution is 0.661. The van der Waals surface area contributed by atoms with Gasteiger partial charge in [-0.3, -0.25) is 4.57 Å². The minimum Gasteiger partial charge on any atom is -0.330 e. The maximum absolute atomic E-state index is 5.36. The van der Waals surface area contributed by atoms with Crippen LogP contribution in [-0.4, -0.2) is 20.9 Å². The maximum Gasteiger partial charge on any atom is 0.211 e. The van der Waals surface area contributed by atoms with Gasteiger partial charge in [-0.05, 0) is 47.0 Å². The van der Waals surface area contributed by atoms with E-state index in [1.165, 1.54) is 27.4 Å². The number of amidine groups is 1. The third-order valence-corrected chi connectivity index (χ3v) is 11.0. The summed E-state index contributed by atoms with van der Waals surface area (Å²) in [6.07, 6.45) is -0.338. The molecular weight excluding hydrogens is 683 g/mol. The van der Waals surface area contributed by atoms with Gasteiger partial charge in [0.15, 0.2) is 5.84 Å². The third kappa shape index (κ3) is 5.09. The lowest BCUT2D eigenvalue weighted by atomic mass is 9.89. The van der Waals surface area contributed by atoms with Gasteiger partial charge in [-0.15, -0.1) is 0 Å². The standard InChI is InChI=1S/C51H35N5/c1-5-18-34(19-6-1)38-32-33-45-47(41-27-14-16-31-44(41)55(45)37-24-11-4-12-25-37)46(38)42-29-17-28-40-39-26-13-15-30-43(39)56(48(40)42)51-53-49(35-20-7-2-8-21-35)52-50(54-51)36-22-9-3-10-23-36/h1-33,49H,(H,52,53,54). The van der Waals surface area contributed by atoms with Gasteiger partial charge >= 0.3 is 0 Å². The first-order valence-electron chi connectivity index (χ1n) is 19.1. The Morgan fingerprint density at radius 3 is 1.75 bits per heavy atom.